The minimum atomic E-state index is 0.251. The third-order valence-electron chi connectivity index (χ3n) is 3.43. The highest BCUT2D eigenvalue weighted by atomic mass is 15.1. The van der Waals surface area contributed by atoms with Gasteiger partial charge in [-0.3, -0.25) is 0 Å². The Morgan fingerprint density at radius 2 is 2.06 bits per heavy atom. The van der Waals surface area contributed by atoms with Crippen LogP contribution in [0.3, 0.4) is 0 Å². The molecule has 1 saturated carbocycles. The van der Waals surface area contributed by atoms with Gasteiger partial charge < -0.3 is 11.1 Å². The molecule has 0 saturated heterocycles. The van der Waals surface area contributed by atoms with E-state index in [9.17, 15) is 0 Å². The van der Waals surface area contributed by atoms with Crippen LogP contribution in [0.4, 0.5) is 5.82 Å². The zero-order valence-corrected chi connectivity index (χ0v) is 10.7. The average molecular weight is 234 g/mol. The molecule has 4 nitrogen and oxygen atoms in total. The maximum absolute atomic E-state index is 6.12. The van der Waals surface area contributed by atoms with E-state index in [0.717, 1.165) is 24.4 Å². The van der Waals surface area contributed by atoms with Gasteiger partial charge in [-0.1, -0.05) is 26.7 Å². The van der Waals surface area contributed by atoms with E-state index in [2.05, 4.69) is 29.1 Å². The summed E-state index contributed by atoms with van der Waals surface area (Å²) >= 11 is 0. The number of nitrogens with one attached hydrogen (secondary N) is 1. The van der Waals surface area contributed by atoms with Crippen LogP contribution in [0.2, 0.25) is 0 Å². The topological polar surface area (TPSA) is 63.8 Å². The molecule has 94 valence electrons. The molecule has 0 unspecified atom stereocenters. The third kappa shape index (κ3) is 3.16. The SMILES string of the molecule is CC(C)c1cc(N[C@@H]2CCCC[C@H]2N)ncn1. The van der Waals surface area contributed by atoms with Crippen molar-refractivity contribution in [3.8, 4) is 0 Å². The molecule has 1 aliphatic carbocycles. The summed E-state index contributed by atoms with van der Waals surface area (Å²) in [6, 6.07) is 2.64. The molecule has 0 aliphatic heterocycles. The van der Waals surface area contributed by atoms with Crippen LogP contribution in [0.25, 0.3) is 0 Å². The van der Waals surface area contributed by atoms with E-state index in [0.29, 0.717) is 12.0 Å². The van der Waals surface area contributed by atoms with Crippen molar-refractivity contribution in [1.82, 2.24) is 9.97 Å². The molecule has 1 fully saturated rings. The predicted octanol–water partition coefficient (Wildman–Crippen LogP) is 2.28. The molecule has 1 heterocycles. The lowest BCUT2D eigenvalue weighted by molar-refractivity contribution is 0.403. The summed E-state index contributed by atoms with van der Waals surface area (Å²) in [4.78, 5) is 8.54. The van der Waals surface area contributed by atoms with Crippen LogP contribution in [0.1, 0.15) is 51.1 Å². The van der Waals surface area contributed by atoms with Gasteiger partial charge in [-0.25, -0.2) is 9.97 Å². The summed E-state index contributed by atoms with van der Waals surface area (Å²) < 4.78 is 0. The molecule has 1 aromatic heterocycles. The van der Waals surface area contributed by atoms with Crippen molar-refractivity contribution >= 4 is 5.82 Å². The van der Waals surface area contributed by atoms with Crippen molar-refractivity contribution < 1.29 is 0 Å². The van der Waals surface area contributed by atoms with Crippen LogP contribution in [0.15, 0.2) is 12.4 Å². The van der Waals surface area contributed by atoms with Gasteiger partial charge >= 0.3 is 0 Å². The van der Waals surface area contributed by atoms with Gasteiger partial charge in [0.1, 0.15) is 12.1 Å². The second kappa shape index (κ2) is 5.45. The Bertz CT molecular complexity index is 364. The summed E-state index contributed by atoms with van der Waals surface area (Å²) in [6.45, 7) is 4.27. The number of rotatable bonds is 3. The summed E-state index contributed by atoms with van der Waals surface area (Å²) in [5, 5.41) is 3.45. The maximum Gasteiger partial charge on any atom is 0.129 e. The first-order valence-electron chi connectivity index (χ1n) is 6.51. The van der Waals surface area contributed by atoms with E-state index in [1.807, 2.05) is 6.07 Å². The van der Waals surface area contributed by atoms with Gasteiger partial charge in [0, 0.05) is 23.8 Å². The average Bonchev–Trinajstić information content (AvgIpc) is 2.32. The number of aromatic nitrogens is 2. The van der Waals surface area contributed by atoms with Crippen molar-refractivity contribution in [3.05, 3.63) is 18.1 Å². The molecule has 4 heteroatoms. The van der Waals surface area contributed by atoms with Gasteiger partial charge in [0.05, 0.1) is 0 Å². The second-order valence-corrected chi connectivity index (χ2v) is 5.18. The van der Waals surface area contributed by atoms with E-state index < -0.39 is 0 Å². The maximum atomic E-state index is 6.12. The molecule has 0 radical (unpaired) electrons. The molecule has 3 N–H and O–H groups in total. The molecule has 0 aromatic carbocycles. The summed E-state index contributed by atoms with van der Waals surface area (Å²) in [6.07, 6.45) is 6.39. The van der Waals surface area contributed by atoms with E-state index in [-0.39, 0.29) is 6.04 Å². The first-order valence-corrected chi connectivity index (χ1v) is 6.51. The molecule has 0 bridgehead atoms. The quantitative estimate of drug-likeness (QED) is 0.842. The Labute approximate surface area is 103 Å². The van der Waals surface area contributed by atoms with E-state index in [1.165, 1.54) is 12.8 Å². The summed E-state index contributed by atoms with van der Waals surface area (Å²) in [7, 11) is 0. The third-order valence-corrected chi connectivity index (χ3v) is 3.43. The number of nitrogens with zero attached hydrogens (tertiary/aromatic N) is 2. The highest BCUT2D eigenvalue weighted by Crippen LogP contribution is 2.21. The standard InChI is InChI=1S/C13H22N4/c1-9(2)12-7-13(16-8-15-12)17-11-6-4-3-5-10(11)14/h7-11H,3-6,14H2,1-2H3,(H,15,16,17)/t10-,11-/m1/s1. The Morgan fingerprint density at radius 3 is 2.76 bits per heavy atom. The Balaban J connectivity index is 2.04. The lowest BCUT2D eigenvalue weighted by Crippen LogP contribution is -2.42. The molecule has 2 rings (SSSR count). The molecule has 0 spiro atoms. The lowest BCUT2D eigenvalue weighted by Gasteiger charge is -2.29. The zero-order chi connectivity index (χ0) is 12.3. The second-order valence-electron chi connectivity index (χ2n) is 5.18. The van der Waals surface area contributed by atoms with Crippen LogP contribution in [0.5, 0.6) is 0 Å². The van der Waals surface area contributed by atoms with Crippen LogP contribution in [-0.4, -0.2) is 22.1 Å². The summed E-state index contributed by atoms with van der Waals surface area (Å²) in [5.74, 6) is 1.34. The minimum absolute atomic E-state index is 0.251. The molecule has 2 atom stereocenters. The monoisotopic (exact) mass is 234 g/mol. The van der Waals surface area contributed by atoms with Gasteiger partial charge in [-0.2, -0.15) is 0 Å². The number of hydrogen-bond acceptors (Lipinski definition) is 4. The smallest absolute Gasteiger partial charge is 0.129 e. The minimum Gasteiger partial charge on any atom is -0.366 e. The van der Waals surface area contributed by atoms with Gasteiger partial charge in [0.15, 0.2) is 0 Å². The van der Waals surface area contributed by atoms with Gasteiger partial charge in [0.2, 0.25) is 0 Å². The van der Waals surface area contributed by atoms with Crippen LogP contribution < -0.4 is 11.1 Å². The highest BCUT2D eigenvalue weighted by molar-refractivity contribution is 5.37. The fourth-order valence-corrected chi connectivity index (χ4v) is 2.30. The van der Waals surface area contributed by atoms with Crippen molar-refractivity contribution in [1.29, 1.82) is 0 Å². The fraction of sp³-hybridized carbons (Fsp3) is 0.692. The van der Waals surface area contributed by atoms with Crippen LogP contribution in [0, 0.1) is 0 Å². The van der Waals surface area contributed by atoms with Crippen molar-refractivity contribution in [2.24, 2.45) is 5.73 Å². The van der Waals surface area contributed by atoms with Crippen molar-refractivity contribution in [2.75, 3.05) is 5.32 Å². The van der Waals surface area contributed by atoms with E-state index >= 15 is 0 Å². The first-order chi connectivity index (χ1) is 8.16. The molecular formula is C13H22N4. The molecular weight excluding hydrogens is 212 g/mol. The van der Waals surface area contributed by atoms with Crippen LogP contribution in [-0.2, 0) is 0 Å². The normalized spacial score (nSPS) is 24.9. The van der Waals surface area contributed by atoms with Crippen LogP contribution >= 0.6 is 0 Å². The van der Waals surface area contributed by atoms with Gasteiger partial charge in [0.25, 0.3) is 0 Å². The predicted molar refractivity (Wildman–Crippen MR) is 70.0 cm³/mol. The van der Waals surface area contributed by atoms with Gasteiger partial charge in [-0.05, 0) is 18.8 Å². The number of anilines is 1. The van der Waals surface area contributed by atoms with E-state index in [4.69, 9.17) is 5.73 Å². The molecule has 1 aromatic rings. The first kappa shape index (κ1) is 12.3. The van der Waals surface area contributed by atoms with Gasteiger partial charge in [-0.15, -0.1) is 0 Å². The lowest BCUT2D eigenvalue weighted by atomic mass is 9.91. The molecule has 17 heavy (non-hydrogen) atoms. The van der Waals surface area contributed by atoms with Crippen molar-refractivity contribution in [3.63, 3.8) is 0 Å². The zero-order valence-electron chi connectivity index (χ0n) is 10.7. The van der Waals surface area contributed by atoms with Crippen molar-refractivity contribution in [2.45, 2.75) is 57.5 Å². The Hall–Kier alpha value is -1.16. The largest absolute Gasteiger partial charge is 0.366 e. The number of nitrogens with two attached hydrogens (primary N) is 1. The molecule has 1 aliphatic rings. The molecule has 0 amide bonds. The highest BCUT2D eigenvalue weighted by Gasteiger charge is 2.21. The fourth-order valence-electron chi connectivity index (χ4n) is 2.30. The Kier molecular flexibility index (Phi) is 3.94. The Morgan fingerprint density at radius 1 is 1.29 bits per heavy atom. The number of hydrogen-bond donors (Lipinski definition) is 2. The summed E-state index contributed by atoms with van der Waals surface area (Å²) in [5.41, 5.74) is 7.19. The van der Waals surface area contributed by atoms with E-state index in [1.54, 1.807) is 6.33 Å².